The lowest BCUT2D eigenvalue weighted by molar-refractivity contribution is -0.137. The molecule has 14 rings (SSSR count). The van der Waals surface area contributed by atoms with E-state index in [9.17, 15) is 97.1 Å². The number of benzene rings is 8. The molecule has 8 aromatic carbocycles. The molecule has 118 heavy (non-hydrogen) atoms. The van der Waals surface area contributed by atoms with Gasteiger partial charge in [0.2, 0.25) is 29.7 Å². The van der Waals surface area contributed by atoms with Gasteiger partial charge in [-0.3, -0.25) is 71.4 Å². The predicted molar refractivity (Wildman–Crippen MR) is 421 cm³/mol. The van der Waals surface area contributed by atoms with Crippen LogP contribution in [0.3, 0.4) is 0 Å². The zero-order chi connectivity index (χ0) is 84.0. The Morgan fingerprint density at radius 3 is 1.44 bits per heavy atom. The van der Waals surface area contributed by atoms with Gasteiger partial charge in [-0.15, -0.1) is 0 Å². The third-order valence-corrected chi connectivity index (χ3v) is 21.6. The van der Waals surface area contributed by atoms with Gasteiger partial charge >= 0.3 is 11.9 Å². The van der Waals surface area contributed by atoms with E-state index >= 15 is 0 Å². The van der Waals surface area contributed by atoms with Crippen LogP contribution in [0, 0.1) is 0 Å². The summed E-state index contributed by atoms with van der Waals surface area (Å²) in [6, 6.07) is 37.4. The summed E-state index contributed by atoms with van der Waals surface area (Å²) in [4.78, 5) is 161. The molecule has 10 N–H and O–H groups in total. The standard InChI is InChI=1S/C77H59N15O23S3/c1-89-52-23-21-49(61-63(52)59(45-15-6-8-17-47(45)69(61)101)65(71(89)103)67(99)39-11-4-3-5-12-39)80-42-19-25-54(117(108,109)110)41(29-42)31-56-83-73(86-76(84-56)91(33-57(95)96)35-114-37-93)78-27-28-79-74-85-75(88-77(87-74)92(34-58(97)98)36-115-38-94)81-43-20-26-55(118(111,112)113)51(32-43)82-50-22-24-53-64-60(46-16-7-9-18-48(46)70(102)62(50)64)66(72(104)90(53)2)68(100)40-13-10-14-44(30-40)116(105,106)107/h3-26,29-30,32,37-38,80,82H,27-28,31,33-36H2,1-2H3,(H,95,96)(H,97,98)(H,105,106,107)(H,108,109,110)(H,111,112,113)(H,78,83,84,86)(H2,79,81,85,87,88). The molecule has 12 aromatic rings. The minimum absolute atomic E-state index is 0.00401. The zero-order valence-electron chi connectivity index (χ0n) is 61.0. The summed E-state index contributed by atoms with van der Waals surface area (Å²) in [6.45, 7) is -3.82. The summed E-state index contributed by atoms with van der Waals surface area (Å²) in [5, 5.41) is 35.0. The fraction of sp³-hybridized carbons (Fsp3) is 0.117. The molecule has 0 amide bonds. The quantitative estimate of drug-likeness (QED) is 0.00683. The Morgan fingerprint density at radius 2 is 0.924 bits per heavy atom. The molecule has 0 aliphatic heterocycles. The van der Waals surface area contributed by atoms with E-state index in [-0.39, 0.29) is 144 Å². The lowest BCUT2D eigenvalue weighted by atomic mass is 9.80. The second-order valence-electron chi connectivity index (χ2n) is 26.3. The number of rotatable bonds is 32. The van der Waals surface area contributed by atoms with Gasteiger partial charge in [0.25, 0.3) is 54.4 Å². The van der Waals surface area contributed by atoms with Crippen LogP contribution in [0.4, 0.5) is 58.2 Å². The van der Waals surface area contributed by atoms with Crippen LogP contribution >= 0.6 is 0 Å². The smallest absolute Gasteiger partial charge is 0.323 e. The molecule has 0 radical (unpaired) electrons. The zero-order valence-corrected chi connectivity index (χ0v) is 63.4. The first-order valence-corrected chi connectivity index (χ1v) is 39.1. The fourth-order valence-corrected chi connectivity index (χ4v) is 15.7. The maximum atomic E-state index is 14.9. The van der Waals surface area contributed by atoms with Crippen LogP contribution in [-0.2, 0) is 79.5 Å². The average molecular weight is 1660 g/mol. The van der Waals surface area contributed by atoms with Gasteiger partial charge in [-0.1, -0.05) is 91.0 Å². The van der Waals surface area contributed by atoms with E-state index in [1.54, 1.807) is 60.7 Å². The maximum absolute atomic E-state index is 14.9. The Morgan fingerprint density at radius 1 is 0.458 bits per heavy atom. The third kappa shape index (κ3) is 15.7. The average Bonchev–Trinajstić information content (AvgIpc) is 0.711. The second kappa shape index (κ2) is 31.8. The van der Waals surface area contributed by atoms with Gasteiger partial charge in [0, 0.05) is 89.1 Å². The van der Waals surface area contributed by atoms with Gasteiger partial charge in [-0.05, 0) is 89.5 Å². The molecule has 4 heterocycles. The van der Waals surface area contributed by atoms with Gasteiger partial charge < -0.3 is 55.4 Å². The number of aliphatic carboxylic acids is 2. The molecule has 2 aliphatic rings. The van der Waals surface area contributed by atoms with Crippen LogP contribution in [0.1, 0.15) is 75.1 Å². The minimum atomic E-state index is -5.19. The van der Waals surface area contributed by atoms with Crippen LogP contribution in [-0.4, -0.2) is 176 Å². The fourth-order valence-electron chi connectivity index (χ4n) is 13.8. The number of carboxylic acid groups (broad SMARTS) is 2. The molecule has 0 unspecified atom stereocenters. The van der Waals surface area contributed by atoms with Crippen molar-refractivity contribution in [1.82, 2.24) is 39.0 Å². The van der Waals surface area contributed by atoms with Gasteiger partial charge in [-0.2, -0.15) is 55.2 Å². The Labute approximate surface area is 664 Å². The van der Waals surface area contributed by atoms with E-state index in [0.717, 1.165) is 50.8 Å². The summed E-state index contributed by atoms with van der Waals surface area (Å²) < 4.78 is 121. The van der Waals surface area contributed by atoms with E-state index in [1.165, 1.54) is 85.4 Å². The summed E-state index contributed by atoms with van der Waals surface area (Å²) in [5.74, 6) is -8.12. The monoisotopic (exact) mass is 1660 g/mol. The van der Waals surface area contributed by atoms with E-state index in [0.29, 0.717) is 11.1 Å². The molecule has 0 atom stereocenters. The molecular weight excluding hydrogens is 1600 g/mol. The summed E-state index contributed by atoms with van der Waals surface area (Å²) in [6.07, 6.45) is -0.604. The lowest BCUT2D eigenvalue weighted by Gasteiger charge is -2.26. The number of nitrogens with zero attached hydrogens (tertiary/aromatic N) is 10. The predicted octanol–water partition coefficient (Wildman–Crippen LogP) is 6.77. The number of nitrogens with one attached hydrogen (secondary N) is 5. The Kier molecular flexibility index (Phi) is 21.5. The highest BCUT2D eigenvalue weighted by Gasteiger charge is 2.38. The van der Waals surface area contributed by atoms with Crippen molar-refractivity contribution in [3.8, 4) is 22.3 Å². The number of aromatic nitrogens is 8. The Bertz CT molecular complexity index is 6830. The molecule has 2 aliphatic carbocycles. The number of carbonyl (C=O) groups excluding carboxylic acids is 6. The number of carboxylic acids is 2. The molecule has 0 spiro atoms. The number of hydrogen-bond donors (Lipinski definition) is 10. The highest BCUT2D eigenvalue weighted by molar-refractivity contribution is 7.86. The van der Waals surface area contributed by atoms with Crippen molar-refractivity contribution in [1.29, 1.82) is 0 Å². The molecule has 4 aromatic heterocycles. The van der Waals surface area contributed by atoms with E-state index in [1.807, 2.05) is 0 Å². The number of ether oxygens (including phenoxy) is 2. The molecule has 598 valence electrons. The summed E-state index contributed by atoms with van der Waals surface area (Å²) in [5.41, 5.74) is -2.06. The number of hydrogen-bond acceptors (Lipinski definition) is 31. The first-order valence-electron chi connectivity index (χ1n) is 34.8. The minimum Gasteiger partial charge on any atom is -0.480 e. The number of anilines is 10. The first-order chi connectivity index (χ1) is 56.3. The van der Waals surface area contributed by atoms with Crippen molar-refractivity contribution >= 4 is 158 Å². The third-order valence-electron chi connectivity index (χ3n) is 18.9. The van der Waals surface area contributed by atoms with Crippen molar-refractivity contribution in [2.24, 2.45) is 14.1 Å². The van der Waals surface area contributed by atoms with Gasteiger partial charge in [0.15, 0.2) is 36.6 Å². The first kappa shape index (κ1) is 79.7. The number of carbonyl (C=O) groups is 8. The van der Waals surface area contributed by atoms with Crippen molar-refractivity contribution < 1.29 is 97.0 Å². The Balaban J connectivity index is 0.785. The van der Waals surface area contributed by atoms with Crippen molar-refractivity contribution in [3.63, 3.8) is 0 Å². The number of pyridine rings is 2. The SMILES string of the molecule is Cn1c(=O)c(C(=O)c2ccccc2)c2c3c(c(Nc4ccc(S(=O)(=O)O)c(Cc5nc(NCCNc6nc(Nc7ccc(S(=O)(=O)O)c(Nc8ccc9c%10c8C(=O)c8ccccc8-c%10c(C(=O)c8cccc(S(=O)(=O)O)c8)c(=O)n9C)c7)nc(N(COC=O)CC(=O)O)n6)nc(N(COC=O)CC(=O)O)n5)c4)ccc31)C(=O)c1ccccc1-2. The van der Waals surface area contributed by atoms with Gasteiger partial charge in [0.05, 0.1) is 60.1 Å². The van der Waals surface area contributed by atoms with Gasteiger partial charge in [0.1, 0.15) is 23.8 Å². The van der Waals surface area contributed by atoms with Crippen LogP contribution in [0.25, 0.3) is 44.1 Å². The van der Waals surface area contributed by atoms with Crippen LogP contribution in [0.2, 0.25) is 0 Å². The normalized spacial score (nSPS) is 12.1. The molecule has 0 fully saturated rings. The van der Waals surface area contributed by atoms with Crippen LogP contribution in [0.15, 0.2) is 188 Å². The topological polar surface area (TPSA) is 547 Å². The lowest BCUT2D eigenvalue weighted by Crippen LogP contribution is -2.34. The van der Waals surface area contributed by atoms with E-state index < -0.39 is 153 Å². The summed E-state index contributed by atoms with van der Waals surface area (Å²) in [7, 11) is -12.4. The Hall–Kier alpha value is -14.9. The molecular formula is C77H59N15O23S3. The van der Waals surface area contributed by atoms with Crippen molar-refractivity contribution in [3.05, 3.63) is 240 Å². The number of fused-ring (bicyclic) bond motifs is 4. The summed E-state index contributed by atoms with van der Waals surface area (Å²) >= 11 is 0. The van der Waals surface area contributed by atoms with E-state index in [4.69, 9.17) is 9.47 Å². The van der Waals surface area contributed by atoms with Gasteiger partial charge in [-0.25, -0.2) is 0 Å². The second-order valence-corrected chi connectivity index (χ2v) is 30.5. The number of ketones is 4. The highest BCUT2D eigenvalue weighted by atomic mass is 32.2. The van der Waals surface area contributed by atoms with Crippen LogP contribution < -0.4 is 47.5 Å². The van der Waals surface area contributed by atoms with Crippen molar-refractivity contribution in [2.45, 2.75) is 21.1 Å². The number of aryl methyl sites for hydroxylation is 2. The van der Waals surface area contributed by atoms with Crippen molar-refractivity contribution in [2.75, 3.05) is 76.0 Å². The molecule has 0 saturated carbocycles. The van der Waals surface area contributed by atoms with E-state index in [2.05, 4.69) is 56.5 Å². The maximum Gasteiger partial charge on any atom is 0.323 e. The molecule has 41 heteroatoms. The molecule has 0 bridgehead atoms. The largest absolute Gasteiger partial charge is 0.480 e. The molecule has 0 saturated heterocycles. The highest BCUT2D eigenvalue weighted by Crippen LogP contribution is 2.47. The van der Waals surface area contributed by atoms with Crippen LogP contribution in [0.5, 0.6) is 0 Å². The molecule has 38 nitrogen and oxygen atoms in total.